The maximum absolute atomic E-state index is 13.1. The highest BCUT2D eigenvalue weighted by atomic mass is 32.2. The normalized spacial score (nSPS) is 21.1. The molecular formula is C18H23N3O5S. The highest BCUT2D eigenvalue weighted by Gasteiger charge is 2.35. The summed E-state index contributed by atoms with van der Waals surface area (Å²) in [7, 11) is -3.69. The summed E-state index contributed by atoms with van der Waals surface area (Å²) in [4.78, 5) is 23.8. The highest BCUT2D eigenvalue weighted by molar-refractivity contribution is 7.89. The van der Waals surface area contributed by atoms with Gasteiger partial charge in [-0.05, 0) is 44.2 Å². The lowest BCUT2D eigenvalue weighted by Crippen LogP contribution is -2.43. The van der Waals surface area contributed by atoms with Crippen LogP contribution in [0.25, 0.3) is 0 Å². The van der Waals surface area contributed by atoms with Crippen LogP contribution in [0.2, 0.25) is 0 Å². The van der Waals surface area contributed by atoms with Gasteiger partial charge in [0.2, 0.25) is 15.9 Å². The number of hydrogen-bond donors (Lipinski definition) is 2. The van der Waals surface area contributed by atoms with Gasteiger partial charge in [-0.25, -0.2) is 8.42 Å². The Balaban J connectivity index is 1.49. The molecule has 9 heteroatoms. The second kappa shape index (κ2) is 6.79. The van der Waals surface area contributed by atoms with E-state index >= 15 is 0 Å². The molecule has 27 heavy (non-hydrogen) atoms. The van der Waals surface area contributed by atoms with Gasteiger partial charge in [0.15, 0.2) is 6.61 Å². The van der Waals surface area contributed by atoms with E-state index in [0.717, 1.165) is 12.8 Å². The van der Waals surface area contributed by atoms with Gasteiger partial charge >= 0.3 is 0 Å². The molecule has 0 bridgehead atoms. The maximum Gasteiger partial charge on any atom is 0.262 e. The highest BCUT2D eigenvalue weighted by Crippen LogP contribution is 2.35. The summed E-state index contributed by atoms with van der Waals surface area (Å²) in [6, 6.07) is 3.42. The molecule has 0 radical (unpaired) electrons. The Morgan fingerprint density at radius 2 is 1.93 bits per heavy atom. The van der Waals surface area contributed by atoms with Gasteiger partial charge in [0, 0.05) is 31.1 Å². The lowest BCUT2D eigenvalue weighted by Gasteiger charge is -2.31. The number of nitrogens with one attached hydrogen (secondary N) is 2. The van der Waals surface area contributed by atoms with Crippen LogP contribution >= 0.6 is 0 Å². The first kappa shape index (κ1) is 18.2. The lowest BCUT2D eigenvalue weighted by molar-refractivity contribution is -0.126. The molecule has 2 aliphatic heterocycles. The van der Waals surface area contributed by atoms with Crippen LogP contribution in [-0.2, 0) is 19.6 Å². The molecule has 1 saturated heterocycles. The number of aryl methyl sites for hydroxylation is 1. The largest absolute Gasteiger partial charge is 0.482 e. The molecule has 0 unspecified atom stereocenters. The fourth-order valence-electron chi connectivity index (χ4n) is 3.54. The smallest absolute Gasteiger partial charge is 0.262 e. The topological polar surface area (TPSA) is 105 Å². The summed E-state index contributed by atoms with van der Waals surface area (Å²) in [6.45, 7) is 2.21. The maximum atomic E-state index is 13.1. The number of ether oxygens (including phenoxy) is 1. The third-order valence-electron chi connectivity index (χ3n) is 5.28. The molecule has 1 aliphatic carbocycles. The molecule has 4 rings (SSSR count). The van der Waals surface area contributed by atoms with Gasteiger partial charge in [-0.15, -0.1) is 0 Å². The third-order valence-corrected chi connectivity index (χ3v) is 7.32. The third kappa shape index (κ3) is 3.66. The Morgan fingerprint density at radius 1 is 1.22 bits per heavy atom. The summed E-state index contributed by atoms with van der Waals surface area (Å²) in [5.74, 6) is 0.0189. The van der Waals surface area contributed by atoms with Crippen LogP contribution in [0.3, 0.4) is 0 Å². The minimum absolute atomic E-state index is 0.0450. The van der Waals surface area contributed by atoms with Gasteiger partial charge in [-0.2, -0.15) is 4.31 Å². The van der Waals surface area contributed by atoms with E-state index < -0.39 is 10.0 Å². The molecule has 1 aromatic rings. The van der Waals surface area contributed by atoms with Gasteiger partial charge in [0.25, 0.3) is 5.91 Å². The van der Waals surface area contributed by atoms with E-state index in [0.29, 0.717) is 49.0 Å². The standard InChI is InChI=1S/C18H23N3O5S/c1-11-8-14-15(26-10-17(22)20-14)9-16(11)27(24,25)21-6-4-12(5-7-21)18(23)19-13-2-3-13/h8-9,12-13H,2-7,10H2,1H3,(H,19,23)(H,20,22). The summed E-state index contributed by atoms with van der Waals surface area (Å²) < 4.78 is 33.0. The average molecular weight is 393 g/mol. The van der Waals surface area contributed by atoms with Crippen LogP contribution in [0, 0.1) is 12.8 Å². The average Bonchev–Trinajstić information content (AvgIpc) is 3.45. The molecule has 2 fully saturated rings. The molecule has 0 atom stereocenters. The van der Waals surface area contributed by atoms with Gasteiger partial charge < -0.3 is 15.4 Å². The quantitative estimate of drug-likeness (QED) is 0.794. The fourth-order valence-corrected chi connectivity index (χ4v) is 5.23. The van der Waals surface area contributed by atoms with Crippen molar-refractivity contribution in [3.63, 3.8) is 0 Å². The molecular weight excluding hydrogens is 370 g/mol. The van der Waals surface area contributed by atoms with E-state index in [4.69, 9.17) is 4.74 Å². The Morgan fingerprint density at radius 3 is 2.59 bits per heavy atom. The molecule has 3 aliphatic rings. The van der Waals surface area contributed by atoms with E-state index in [-0.39, 0.29) is 29.2 Å². The van der Waals surface area contributed by atoms with Crippen molar-refractivity contribution >= 4 is 27.5 Å². The number of sulfonamides is 1. The first-order valence-corrected chi connectivity index (χ1v) is 10.7. The van der Waals surface area contributed by atoms with Crippen molar-refractivity contribution < 1.29 is 22.7 Å². The molecule has 2 amide bonds. The number of piperidine rings is 1. The Labute approximate surface area is 158 Å². The van der Waals surface area contributed by atoms with Crippen molar-refractivity contribution in [2.24, 2.45) is 5.92 Å². The van der Waals surface area contributed by atoms with Crippen LogP contribution in [0.4, 0.5) is 5.69 Å². The van der Waals surface area contributed by atoms with Crippen LogP contribution in [0.15, 0.2) is 17.0 Å². The van der Waals surface area contributed by atoms with E-state index in [1.165, 1.54) is 10.4 Å². The number of anilines is 1. The lowest BCUT2D eigenvalue weighted by atomic mass is 9.97. The Kier molecular flexibility index (Phi) is 4.59. The minimum atomic E-state index is -3.69. The first-order chi connectivity index (χ1) is 12.8. The number of benzene rings is 1. The summed E-state index contributed by atoms with van der Waals surface area (Å²) in [5.41, 5.74) is 1.03. The number of fused-ring (bicyclic) bond motifs is 1. The predicted molar refractivity (Wildman–Crippen MR) is 98.0 cm³/mol. The van der Waals surface area contributed by atoms with Gasteiger partial charge in [-0.3, -0.25) is 9.59 Å². The van der Waals surface area contributed by atoms with Gasteiger partial charge in [-0.1, -0.05) is 0 Å². The fraction of sp³-hybridized carbons (Fsp3) is 0.556. The molecule has 8 nitrogen and oxygen atoms in total. The summed E-state index contributed by atoms with van der Waals surface area (Å²) >= 11 is 0. The van der Waals surface area contributed by atoms with Crippen LogP contribution in [0.1, 0.15) is 31.2 Å². The van der Waals surface area contributed by atoms with Crippen molar-refractivity contribution in [2.75, 3.05) is 25.0 Å². The van der Waals surface area contributed by atoms with Crippen molar-refractivity contribution in [3.05, 3.63) is 17.7 Å². The Bertz CT molecular complexity index is 887. The second-order valence-corrected chi connectivity index (χ2v) is 9.32. The zero-order chi connectivity index (χ0) is 19.2. The molecule has 2 N–H and O–H groups in total. The summed E-state index contributed by atoms with van der Waals surface area (Å²) in [6.07, 6.45) is 3.13. The van der Waals surface area contributed by atoms with E-state index in [1.54, 1.807) is 13.0 Å². The number of amides is 2. The monoisotopic (exact) mass is 393 g/mol. The zero-order valence-electron chi connectivity index (χ0n) is 15.2. The van der Waals surface area contributed by atoms with Crippen molar-refractivity contribution in [1.29, 1.82) is 0 Å². The van der Waals surface area contributed by atoms with E-state index in [1.807, 2.05) is 0 Å². The van der Waals surface area contributed by atoms with E-state index in [9.17, 15) is 18.0 Å². The molecule has 2 heterocycles. The SMILES string of the molecule is Cc1cc2c(cc1S(=O)(=O)N1CCC(C(=O)NC3CC3)CC1)OCC(=O)N2. The van der Waals surface area contributed by atoms with Crippen LogP contribution in [-0.4, -0.2) is 50.3 Å². The minimum Gasteiger partial charge on any atom is -0.482 e. The van der Waals surface area contributed by atoms with Gasteiger partial charge in [0.05, 0.1) is 10.6 Å². The molecule has 1 saturated carbocycles. The molecule has 0 aromatic heterocycles. The molecule has 1 aromatic carbocycles. The van der Waals surface area contributed by atoms with Crippen molar-refractivity contribution in [1.82, 2.24) is 9.62 Å². The van der Waals surface area contributed by atoms with Crippen LogP contribution < -0.4 is 15.4 Å². The zero-order valence-corrected chi connectivity index (χ0v) is 16.0. The van der Waals surface area contributed by atoms with Gasteiger partial charge in [0.1, 0.15) is 5.75 Å². The van der Waals surface area contributed by atoms with E-state index in [2.05, 4.69) is 10.6 Å². The number of rotatable bonds is 4. The number of hydrogen-bond acceptors (Lipinski definition) is 5. The number of nitrogens with zero attached hydrogens (tertiary/aromatic N) is 1. The van der Waals surface area contributed by atoms with Crippen molar-refractivity contribution in [2.45, 2.75) is 43.5 Å². The first-order valence-electron chi connectivity index (χ1n) is 9.22. The number of carbonyl (C=O) groups is 2. The number of carbonyl (C=O) groups excluding carboxylic acids is 2. The second-order valence-electron chi connectivity index (χ2n) is 7.41. The molecule has 146 valence electrons. The van der Waals surface area contributed by atoms with Crippen molar-refractivity contribution in [3.8, 4) is 5.75 Å². The Hall–Kier alpha value is -2.13. The summed E-state index contributed by atoms with van der Waals surface area (Å²) in [5, 5.41) is 5.68. The molecule has 0 spiro atoms. The van der Waals surface area contributed by atoms with Crippen LogP contribution in [0.5, 0.6) is 5.75 Å². The predicted octanol–water partition coefficient (Wildman–Crippen LogP) is 1.01.